The van der Waals surface area contributed by atoms with Crippen LogP contribution in [0.15, 0.2) is 72.8 Å². The Kier molecular flexibility index (Phi) is 8.57. The van der Waals surface area contributed by atoms with Gasteiger partial charge in [0, 0.05) is 23.7 Å². The van der Waals surface area contributed by atoms with Gasteiger partial charge in [0.2, 0.25) is 11.7 Å². The normalized spacial score (nSPS) is 10.6. The van der Waals surface area contributed by atoms with Crippen LogP contribution >= 0.6 is 11.6 Å². The number of carbonyl (C=O) groups excluding carboxylic acids is 2. The van der Waals surface area contributed by atoms with E-state index in [9.17, 15) is 14.9 Å². The summed E-state index contributed by atoms with van der Waals surface area (Å²) in [5.41, 5.74) is 4.48. The molecule has 0 fully saturated rings. The lowest BCUT2D eigenvalue weighted by Gasteiger charge is -2.11. The van der Waals surface area contributed by atoms with E-state index in [2.05, 4.69) is 21.8 Å². The smallest absolute Gasteiger partial charge is 0.224 e. The van der Waals surface area contributed by atoms with Crippen LogP contribution in [0, 0.1) is 25.2 Å². The third-order valence-electron chi connectivity index (χ3n) is 6.05. The van der Waals surface area contributed by atoms with Crippen LogP contribution in [0.2, 0.25) is 5.02 Å². The highest BCUT2D eigenvalue weighted by Crippen LogP contribution is 2.26. The molecule has 0 unspecified atom stereocenters. The molecule has 4 rings (SSSR count). The van der Waals surface area contributed by atoms with Gasteiger partial charge in [-0.2, -0.15) is 10.4 Å². The monoisotopic (exact) mass is 525 g/mol. The van der Waals surface area contributed by atoms with Crippen molar-refractivity contribution in [3.8, 4) is 11.8 Å². The van der Waals surface area contributed by atoms with E-state index in [1.807, 2.05) is 50.2 Å². The third-order valence-corrected chi connectivity index (χ3v) is 6.30. The van der Waals surface area contributed by atoms with Crippen molar-refractivity contribution in [3.05, 3.63) is 111 Å². The fraction of sp³-hybridized carbons (Fsp3) is 0.200. The molecular formula is C30H28ClN5O2. The van der Waals surface area contributed by atoms with Crippen LogP contribution in [0.3, 0.4) is 0 Å². The summed E-state index contributed by atoms with van der Waals surface area (Å²) in [4.78, 5) is 25.6. The average molecular weight is 526 g/mol. The summed E-state index contributed by atoms with van der Waals surface area (Å²) in [5, 5.41) is 21.3. The van der Waals surface area contributed by atoms with Crippen LogP contribution in [-0.4, -0.2) is 34.6 Å². The van der Waals surface area contributed by atoms with Crippen molar-refractivity contribution in [1.82, 2.24) is 15.1 Å². The van der Waals surface area contributed by atoms with Crippen LogP contribution in [0.4, 0.5) is 5.82 Å². The fourth-order valence-electron chi connectivity index (χ4n) is 3.93. The van der Waals surface area contributed by atoms with Gasteiger partial charge in [0.05, 0.1) is 12.1 Å². The highest BCUT2D eigenvalue weighted by Gasteiger charge is 2.25. The number of amides is 1. The van der Waals surface area contributed by atoms with E-state index in [1.54, 1.807) is 41.1 Å². The van der Waals surface area contributed by atoms with Gasteiger partial charge in [0.25, 0.3) is 0 Å². The molecule has 7 nitrogen and oxygen atoms in total. The topological polar surface area (TPSA) is 99.8 Å². The van der Waals surface area contributed by atoms with Crippen molar-refractivity contribution >= 4 is 29.1 Å². The van der Waals surface area contributed by atoms with Crippen molar-refractivity contribution in [1.29, 1.82) is 5.26 Å². The molecule has 0 bridgehead atoms. The molecule has 1 aromatic heterocycles. The standard InChI is InChI=1S/C30H28ClN5O2/c1-20-4-8-22(9-5-20)18-27(37)33-16-3-17-34-30-26(19-32)28(29(38)23-10-6-21(2)7-11-23)35-36(30)25-14-12-24(31)13-15-25/h4-15,34H,3,16-18H2,1-2H3,(H,33,37). The maximum Gasteiger partial charge on any atom is 0.224 e. The second-order valence-corrected chi connectivity index (χ2v) is 9.50. The minimum Gasteiger partial charge on any atom is -0.369 e. The van der Waals surface area contributed by atoms with Gasteiger partial charge in [-0.25, -0.2) is 4.68 Å². The molecule has 0 aliphatic heterocycles. The predicted molar refractivity (Wildman–Crippen MR) is 149 cm³/mol. The molecule has 0 saturated carbocycles. The second kappa shape index (κ2) is 12.2. The van der Waals surface area contributed by atoms with E-state index in [-0.39, 0.29) is 22.9 Å². The van der Waals surface area contributed by atoms with Gasteiger partial charge >= 0.3 is 0 Å². The lowest BCUT2D eigenvalue weighted by atomic mass is 10.0. The number of aromatic nitrogens is 2. The maximum absolute atomic E-state index is 13.3. The van der Waals surface area contributed by atoms with Gasteiger partial charge in [-0.1, -0.05) is 71.3 Å². The summed E-state index contributed by atoms with van der Waals surface area (Å²) in [6, 6.07) is 24.2. The summed E-state index contributed by atoms with van der Waals surface area (Å²) >= 11 is 6.06. The Morgan fingerprint density at radius 3 is 2.18 bits per heavy atom. The van der Waals surface area contributed by atoms with Crippen LogP contribution in [0.5, 0.6) is 0 Å². The van der Waals surface area contributed by atoms with E-state index >= 15 is 0 Å². The molecule has 0 saturated heterocycles. The van der Waals surface area contributed by atoms with Gasteiger partial charge in [0.15, 0.2) is 5.69 Å². The molecule has 2 N–H and O–H groups in total. The summed E-state index contributed by atoms with van der Waals surface area (Å²) < 4.78 is 1.55. The molecule has 3 aromatic carbocycles. The van der Waals surface area contributed by atoms with E-state index in [0.29, 0.717) is 48.0 Å². The predicted octanol–water partition coefficient (Wildman–Crippen LogP) is 5.41. The second-order valence-electron chi connectivity index (χ2n) is 9.06. The van der Waals surface area contributed by atoms with Crippen molar-refractivity contribution in [2.24, 2.45) is 0 Å². The minimum atomic E-state index is -0.333. The average Bonchev–Trinajstić information content (AvgIpc) is 3.28. The first-order chi connectivity index (χ1) is 18.4. The van der Waals surface area contributed by atoms with E-state index in [0.717, 1.165) is 16.7 Å². The number of hydrogen-bond acceptors (Lipinski definition) is 5. The SMILES string of the molecule is Cc1ccc(CC(=O)NCCCNc2c(C#N)c(C(=O)c3ccc(C)cc3)nn2-c2ccc(Cl)cc2)cc1. The van der Waals surface area contributed by atoms with Crippen LogP contribution < -0.4 is 10.6 Å². The van der Waals surface area contributed by atoms with E-state index in [1.165, 1.54) is 0 Å². The van der Waals surface area contributed by atoms with E-state index < -0.39 is 0 Å². The summed E-state index contributed by atoms with van der Waals surface area (Å²) in [6.45, 7) is 4.87. The number of aryl methyl sites for hydroxylation is 2. The van der Waals surface area contributed by atoms with Crippen LogP contribution in [-0.2, 0) is 11.2 Å². The molecule has 1 amide bonds. The highest BCUT2D eigenvalue weighted by molar-refractivity contribution is 6.30. The van der Waals surface area contributed by atoms with Crippen molar-refractivity contribution in [3.63, 3.8) is 0 Å². The first-order valence-corrected chi connectivity index (χ1v) is 12.7. The highest BCUT2D eigenvalue weighted by atomic mass is 35.5. The first kappa shape index (κ1) is 26.6. The Hall–Kier alpha value is -4.41. The number of nitrogens with one attached hydrogen (secondary N) is 2. The van der Waals surface area contributed by atoms with Crippen molar-refractivity contribution in [2.45, 2.75) is 26.7 Å². The number of nitriles is 1. The summed E-state index contributed by atoms with van der Waals surface area (Å²) in [7, 11) is 0. The molecule has 0 spiro atoms. The summed E-state index contributed by atoms with van der Waals surface area (Å²) in [6.07, 6.45) is 0.928. The van der Waals surface area contributed by atoms with Crippen LogP contribution in [0.1, 0.15) is 44.7 Å². The molecule has 0 aliphatic rings. The molecule has 4 aromatic rings. The zero-order valence-electron chi connectivity index (χ0n) is 21.3. The number of rotatable bonds is 10. The number of benzene rings is 3. The molecule has 192 valence electrons. The van der Waals surface area contributed by atoms with Gasteiger partial charge in [-0.05, 0) is 50.1 Å². The lowest BCUT2D eigenvalue weighted by molar-refractivity contribution is -0.120. The van der Waals surface area contributed by atoms with E-state index in [4.69, 9.17) is 11.6 Å². The first-order valence-electron chi connectivity index (χ1n) is 12.3. The minimum absolute atomic E-state index is 0.0521. The zero-order chi connectivity index (χ0) is 27.1. The van der Waals surface area contributed by atoms with Crippen molar-refractivity contribution < 1.29 is 9.59 Å². The van der Waals surface area contributed by atoms with Gasteiger partial charge in [-0.3, -0.25) is 9.59 Å². The quantitative estimate of drug-likeness (QED) is 0.213. The third kappa shape index (κ3) is 6.47. The Labute approximate surface area is 227 Å². The number of halogens is 1. The molecule has 0 atom stereocenters. The van der Waals surface area contributed by atoms with Gasteiger partial charge < -0.3 is 10.6 Å². The Balaban J connectivity index is 1.48. The fourth-order valence-corrected chi connectivity index (χ4v) is 4.06. The molecule has 0 radical (unpaired) electrons. The number of nitrogens with zero attached hydrogens (tertiary/aromatic N) is 3. The number of anilines is 1. The Morgan fingerprint density at radius 2 is 1.55 bits per heavy atom. The maximum atomic E-state index is 13.3. The lowest BCUT2D eigenvalue weighted by Crippen LogP contribution is -2.27. The number of carbonyl (C=O) groups is 2. The zero-order valence-corrected chi connectivity index (χ0v) is 22.0. The number of ketones is 1. The molecule has 0 aliphatic carbocycles. The molecule has 38 heavy (non-hydrogen) atoms. The van der Waals surface area contributed by atoms with Crippen LogP contribution in [0.25, 0.3) is 5.69 Å². The largest absolute Gasteiger partial charge is 0.369 e. The van der Waals surface area contributed by atoms with Crippen molar-refractivity contribution in [2.75, 3.05) is 18.4 Å². The number of hydrogen-bond donors (Lipinski definition) is 2. The molecule has 1 heterocycles. The van der Waals surface area contributed by atoms with Gasteiger partial charge in [-0.15, -0.1) is 0 Å². The summed E-state index contributed by atoms with van der Waals surface area (Å²) in [5.74, 6) is 0.0284. The molecule has 8 heteroatoms. The Bertz CT molecular complexity index is 1470. The molecular weight excluding hydrogens is 498 g/mol. The Morgan fingerprint density at radius 1 is 0.921 bits per heavy atom. The van der Waals surface area contributed by atoms with Gasteiger partial charge in [0.1, 0.15) is 17.5 Å².